The van der Waals surface area contributed by atoms with Crippen LogP contribution in [0, 0.1) is 0 Å². The molecule has 0 bridgehead atoms. The van der Waals surface area contributed by atoms with E-state index < -0.39 is 9.84 Å². The lowest BCUT2D eigenvalue weighted by Crippen LogP contribution is -2.45. The summed E-state index contributed by atoms with van der Waals surface area (Å²) in [6.07, 6.45) is 1.34. The Morgan fingerprint density at radius 1 is 1.26 bits per heavy atom. The number of rotatable bonds is 2. The molecule has 1 amide bonds. The molecular formula is C14H14BrN3O4S. The molecule has 0 unspecified atom stereocenters. The number of carbonyl (C=O) groups is 1. The van der Waals surface area contributed by atoms with Gasteiger partial charge in [0.05, 0.1) is 28.7 Å². The standard InChI is InChI=1S/C14H14BrN3O4S/c15-10-1-2-12-11(7-10)14(20)18(9-16-12)8-13(19)17-3-5-23(21,22)6-4-17/h1-2,7,9H,3-6,8H2. The highest BCUT2D eigenvalue weighted by atomic mass is 79.9. The van der Waals surface area contributed by atoms with Gasteiger partial charge in [-0.3, -0.25) is 14.2 Å². The number of fused-ring (bicyclic) bond motifs is 1. The van der Waals surface area contributed by atoms with Crippen molar-refractivity contribution in [3.63, 3.8) is 0 Å². The van der Waals surface area contributed by atoms with Crippen LogP contribution in [-0.4, -0.2) is 53.4 Å². The fourth-order valence-electron chi connectivity index (χ4n) is 2.45. The summed E-state index contributed by atoms with van der Waals surface area (Å²) in [6, 6.07) is 5.18. The van der Waals surface area contributed by atoms with Crippen molar-refractivity contribution < 1.29 is 13.2 Å². The molecule has 1 aromatic heterocycles. The van der Waals surface area contributed by atoms with Crippen molar-refractivity contribution in [2.45, 2.75) is 6.54 Å². The Hall–Kier alpha value is -1.74. The molecule has 0 atom stereocenters. The Bertz CT molecular complexity index is 925. The van der Waals surface area contributed by atoms with Crippen molar-refractivity contribution in [3.05, 3.63) is 39.4 Å². The first-order chi connectivity index (χ1) is 10.9. The van der Waals surface area contributed by atoms with E-state index in [1.807, 2.05) is 0 Å². The van der Waals surface area contributed by atoms with Gasteiger partial charge >= 0.3 is 0 Å². The minimum atomic E-state index is -3.04. The van der Waals surface area contributed by atoms with Crippen molar-refractivity contribution in [2.24, 2.45) is 0 Å². The lowest BCUT2D eigenvalue weighted by atomic mass is 10.2. The Morgan fingerprint density at radius 3 is 2.65 bits per heavy atom. The Labute approximate surface area is 141 Å². The number of nitrogens with zero attached hydrogens (tertiary/aromatic N) is 3. The molecule has 9 heteroatoms. The maximum atomic E-state index is 12.4. The molecule has 0 N–H and O–H groups in total. The van der Waals surface area contributed by atoms with E-state index in [1.54, 1.807) is 18.2 Å². The van der Waals surface area contributed by atoms with Crippen LogP contribution < -0.4 is 5.56 Å². The fourth-order valence-corrected chi connectivity index (χ4v) is 4.01. The van der Waals surface area contributed by atoms with Crippen LogP contribution in [0.3, 0.4) is 0 Å². The molecule has 2 heterocycles. The average molecular weight is 400 g/mol. The summed E-state index contributed by atoms with van der Waals surface area (Å²) in [6.45, 7) is 0.194. The van der Waals surface area contributed by atoms with E-state index in [0.29, 0.717) is 10.9 Å². The maximum absolute atomic E-state index is 12.4. The monoisotopic (exact) mass is 399 g/mol. The van der Waals surface area contributed by atoms with Gasteiger partial charge in [0.2, 0.25) is 5.91 Å². The van der Waals surface area contributed by atoms with Crippen LogP contribution in [-0.2, 0) is 21.2 Å². The number of sulfone groups is 1. The molecule has 23 heavy (non-hydrogen) atoms. The molecule has 1 aliphatic heterocycles. The first kappa shape index (κ1) is 16.1. The summed E-state index contributed by atoms with van der Waals surface area (Å²) >= 11 is 3.31. The van der Waals surface area contributed by atoms with E-state index in [9.17, 15) is 18.0 Å². The first-order valence-corrected chi connectivity index (χ1v) is 9.60. The van der Waals surface area contributed by atoms with Crippen molar-refractivity contribution in [2.75, 3.05) is 24.6 Å². The largest absolute Gasteiger partial charge is 0.339 e. The molecule has 7 nitrogen and oxygen atoms in total. The van der Waals surface area contributed by atoms with Crippen molar-refractivity contribution in [1.29, 1.82) is 0 Å². The third-order valence-electron chi connectivity index (χ3n) is 3.79. The Kier molecular flexibility index (Phi) is 4.24. The number of aromatic nitrogens is 2. The van der Waals surface area contributed by atoms with Crippen molar-refractivity contribution in [1.82, 2.24) is 14.5 Å². The molecule has 122 valence electrons. The second-order valence-electron chi connectivity index (χ2n) is 5.37. The molecule has 2 aromatic rings. The molecule has 1 saturated heterocycles. The maximum Gasteiger partial charge on any atom is 0.261 e. The minimum absolute atomic E-state index is 0.0312. The van der Waals surface area contributed by atoms with Gasteiger partial charge < -0.3 is 4.90 Å². The zero-order valence-corrected chi connectivity index (χ0v) is 14.5. The van der Waals surface area contributed by atoms with Crippen molar-refractivity contribution >= 4 is 42.6 Å². The van der Waals surface area contributed by atoms with Crippen LogP contribution in [0.25, 0.3) is 10.9 Å². The molecule has 1 fully saturated rings. The number of halogens is 1. The highest BCUT2D eigenvalue weighted by molar-refractivity contribution is 9.10. The van der Waals surface area contributed by atoms with Crippen LogP contribution in [0.5, 0.6) is 0 Å². The van der Waals surface area contributed by atoms with Crippen LogP contribution >= 0.6 is 15.9 Å². The molecule has 0 spiro atoms. The van der Waals surface area contributed by atoms with Crippen molar-refractivity contribution in [3.8, 4) is 0 Å². The molecule has 0 aliphatic carbocycles. The molecule has 0 saturated carbocycles. The summed E-state index contributed by atoms with van der Waals surface area (Å²) in [5, 5.41) is 0.427. The predicted molar refractivity (Wildman–Crippen MR) is 88.9 cm³/mol. The summed E-state index contributed by atoms with van der Waals surface area (Å²) < 4.78 is 24.8. The Morgan fingerprint density at radius 2 is 1.96 bits per heavy atom. The number of hydrogen-bond donors (Lipinski definition) is 0. The van der Waals surface area contributed by atoms with Crippen LogP contribution in [0.2, 0.25) is 0 Å². The summed E-state index contributed by atoms with van der Waals surface area (Å²) in [5.74, 6) is -0.342. The van der Waals surface area contributed by atoms with E-state index in [0.717, 1.165) is 4.47 Å². The molecule has 1 aromatic carbocycles. The zero-order valence-electron chi connectivity index (χ0n) is 12.1. The lowest BCUT2D eigenvalue weighted by Gasteiger charge is -2.26. The summed E-state index contributed by atoms with van der Waals surface area (Å²) in [5.41, 5.74) is 0.264. The Balaban J connectivity index is 1.83. The van der Waals surface area contributed by atoms with Gasteiger partial charge in [-0.1, -0.05) is 15.9 Å². The highest BCUT2D eigenvalue weighted by Crippen LogP contribution is 2.15. The third-order valence-corrected chi connectivity index (χ3v) is 5.89. The molecule has 0 radical (unpaired) electrons. The zero-order chi connectivity index (χ0) is 16.6. The summed E-state index contributed by atoms with van der Waals surface area (Å²) in [7, 11) is -3.04. The van der Waals surface area contributed by atoms with E-state index in [4.69, 9.17) is 0 Å². The number of carbonyl (C=O) groups excluding carboxylic acids is 1. The van der Waals surface area contributed by atoms with Gasteiger partial charge in [0.25, 0.3) is 5.56 Å². The molecule has 3 rings (SSSR count). The van der Waals surface area contributed by atoms with E-state index in [-0.39, 0.29) is 42.6 Å². The smallest absolute Gasteiger partial charge is 0.261 e. The third kappa shape index (κ3) is 3.45. The fraction of sp³-hybridized carbons (Fsp3) is 0.357. The highest BCUT2D eigenvalue weighted by Gasteiger charge is 2.25. The van der Waals surface area contributed by atoms with Gasteiger partial charge in [-0.15, -0.1) is 0 Å². The van der Waals surface area contributed by atoms with Crippen LogP contribution in [0.1, 0.15) is 0 Å². The number of hydrogen-bond acceptors (Lipinski definition) is 5. The minimum Gasteiger partial charge on any atom is -0.339 e. The van der Waals surface area contributed by atoms with E-state index in [2.05, 4.69) is 20.9 Å². The lowest BCUT2D eigenvalue weighted by molar-refractivity contribution is -0.131. The van der Waals surface area contributed by atoms with Gasteiger partial charge in [-0.05, 0) is 18.2 Å². The van der Waals surface area contributed by atoms with Crippen LogP contribution in [0.4, 0.5) is 0 Å². The molecular weight excluding hydrogens is 386 g/mol. The van der Waals surface area contributed by atoms with E-state index in [1.165, 1.54) is 15.8 Å². The number of benzene rings is 1. The van der Waals surface area contributed by atoms with Gasteiger partial charge in [0, 0.05) is 17.6 Å². The predicted octanol–water partition coefficient (Wildman–Crippen LogP) is 0.416. The van der Waals surface area contributed by atoms with Gasteiger partial charge in [-0.2, -0.15) is 0 Å². The van der Waals surface area contributed by atoms with Gasteiger partial charge in [-0.25, -0.2) is 13.4 Å². The normalized spacial score (nSPS) is 17.3. The van der Waals surface area contributed by atoms with Gasteiger partial charge in [0.1, 0.15) is 6.54 Å². The summed E-state index contributed by atoms with van der Waals surface area (Å²) in [4.78, 5) is 30.4. The number of amides is 1. The first-order valence-electron chi connectivity index (χ1n) is 6.99. The SMILES string of the molecule is O=C(Cn1cnc2ccc(Br)cc2c1=O)N1CCS(=O)(=O)CC1. The van der Waals surface area contributed by atoms with Crippen LogP contribution in [0.15, 0.2) is 33.8 Å². The van der Waals surface area contributed by atoms with Gasteiger partial charge in [0.15, 0.2) is 9.84 Å². The van der Waals surface area contributed by atoms with E-state index >= 15 is 0 Å². The second-order valence-corrected chi connectivity index (χ2v) is 8.59. The second kappa shape index (κ2) is 6.04. The quantitative estimate of drug-likeness (QED) is 0.729. The molecule has 1 aliphatic rings. The topological polar surface area (TPSA) is 89.3 Å². The average Bonchev–Trinajstić information content (AvgIpc) is 2.50.